The van der Waals surface area contributed by atoms with Crippen molar-refractivity contribution in [1.82, 2.24) is 0 Å². The van der Waals surface area contributed by atoms with E-state index < -0.39 is 15.5 Å². The minimum absolute atomic E-state index is 0.100. The lowest BCUT2D eigenvalue weighted by atomic mass is 9.73. The van der Waals surface area contributed by atoms with Gasteiger partial charge in [-0.3, -0.25) is 4.55 Å². The van der Waals surface area contributed by atoms with Crippen LogP contribution in [0.25, 0.3) is 0 Å². The second-order valence-electron chi connectivity index (χ2n) is 7.69. The normalized spacial score (nSPS) is 13.2. The SMILES string of the molecule is CC(c1ccccc1)c1cc(O)cc(S(=O)(=O)O)c1C(C)(C)c1ccc(O)cc1. The number of rotatable bonds is 5. The van der Waals surface area contributed by atoms with Gasteiger partial charge in [-0.1, -0.05) is 63.2 Å². The fourth-order valence-electron chi connectivity index (χ4n) is 3.78. The number of hydrogen-bond donors (Lipinski definition) is 3. The van der Waals surface area contributed by atoms with Crippen LogP contribution >= 0.6 is 0 Å². The van der Waals surface area contributed by atoms with E-state index in [0.717, 1.165) is 17.2 Å². The van der Waals surface area contributed by atoms with Crippen molar-refractivity contribution in [3.8, 4) is 11.5 Å². The second kappa shape index (κ2) is 7.54. The standard InChI is InChI=1S/C23H24O5S/c1-15(16-7-5-4-6-8-16)20-13-19(25)14-21(29(26,27)28)22(20)23(2,3)17-9-11-18(24)12-10-17/h4-15,24-25H,1-3H3,(H,26,27,28). The first-order chi connectivity index (χ1) is 13.5. The molecule has 0 aliphatic rings. The Morgan fingerprint density at radius 2 is 1.45 bits per heavy atom. The van der Waals surface area contributed by atoms with Crippen LogP contribution in [0.2, 0.25) is 0 Å². The molecule has 0 radical (unpaired) electrons. The number of phenolic OH excluding ortho intramolecular Hbond substituents is 2. The monoisotopic (exact) mass is 412 g/mol. The zero-order valence-electron chi connectivity index (χ0n) is 16.5. The molecule has 0 saturated carbocycles. The fraction of sp³-hybridized carbons (Fsp3) is 0.217. The third-order valence-corrected chi connectivity index (χ3v) is 6.25. The Kier molecular flexibility index (Phi) is 5.43. The summed E-state index contributed by atoms with van der Waals surface area (Å²) in [6, 6.07) is 18.7. The summed E-state index contributed by atoms with van der Waals surface area (Å²) in [5, 5.41) is 19.9. The molecule has 0 heterocycles. The Morgan fingerprint density at radius 3 is 2.00 bits per heavy atom. The van der Waals surface area contributed by atoms with Gasteiger partial charge in [0.15, 0.2) is 0 Å². The highest BCUT2D eigenvalue weighted by molar-refractivity contribution is 7.85. The van der Waals surface area contributed by atoms with Crippen molar-refractivity contribution in [2.45, 2.75) is 37.0 Å². The number of benzene rings is 3. The van der Waals surface area contributed by atoms with Crippen molar-refractivity contribution in [2.24, 2.45) is 0 Å². The van der Waals surface area contributed by atoms with Gasteiger partial charge < -0.3 is 10.2 Å². The zero-order valence-corrected chi connectivity index (χ0v) is 17.3. The number of phenols is 2. The number of hydrogen-bond acceptors (Lipinski definition) is 4. The predicted molar refractivity (Wildman–Crippen MR) is 112 cm³/mol. The third kappa shape index (κ3) is 4.13. The maximum Gasteiger partial charge on any atom is 0.294 e. The van der Waals surface area contributed by atoms with Gasteiger partial charge in [-0.15, -0.1) is 0 Å². The molecule has 0 bridgehead atoms. The van der Waals surface area contributed by atoms with Crippen LogP contribution < -0.4 is 0 Å². The van der Waals surface area contributed by atoms with E-state index in [1.807, 2.05) is 51.1 Å². The topological polar surface area (TPSA) is 94.8 Å². The quantitative estimate of drug-likeness (QED) is 0.522. The van der Waals surface area contributed by atoms with E-state index in [0.29, 0.717) is 11.1 Å². The lowest BCUT2D eigenvalue weighted by Gasteiger charge is -2.32. The van der Waals surface area contributed by atoms with Gasteiger partial charge in [0.05, 0.1) is 0 Å². The van der Waals surface area contributed by atoms with Gasteiger partial charge in [0.1, 0.15) is 16.4 Å². The molecule has 3 aromatic carbocycles. The van der Waals surface area contributed by atoms with Gasteiger partial charge in [0, 0.05) is 17.4 Å². The summed E-state index contributed by atoms with van der Waals surface area (Å²) in [5.41, 5.74) is 1.86. The maximum absolute atomic E-state index is 12.3. The molecule has 0 amide bonds. The Hall–Kier alpha value is -2.83. The molecule has 6 heteroatoms. The lowest BCUT2D eigenvalue weighted by Crippen LogP contribution is -2.25. The molecule has 29 heavy (non-hydrogen) atoms. The van der Waals surface area contributed by atoms with E-state index in [1.54, 1.807) is 18.2 Å². The van der Waals surface area contributed by atoms with Crippen LogP contribution in [0.15, 0.2) is 71.6 Å². The van der Waals surface area contributed by atoms with E-state index >= 15 is 0 Å². The molecule has 3 aromatic rings. The zero-order chi connectivity index (χ0) is 21.4. The molecule has 1 unspecified atom stereocenters. The molecule has 0 aliphatic carbocycles. The van der Waals surface area contributed by atoms with Crippen LogP contribution in [0.1, 0.15) is 48.9 Å². The van der Waals surface area contributed by atoms with E-state index in [9.17, 15) is 23.2 Å². The first kappa shape index (κ1) is 20.9. The van der Waals surface area contributed by atoms with Gasteiger partial charge in [-0.25, -0.2) is 0 Å². The summed E-state index contributed by atoms with van der Waals surface area (Å²) in [7, 11) is -4.60. The summed E-state index contributed by atoms with van der Waals surface area (Å²) < 4.78 is 34.5. The summed E-state index contributed by atoms with van der Waals surface area (Å²) >= 11 is 0. The van der Waals surface area contributed by atoms with Crippen LogP contribution in [-0.4, -0.2) is 23.2 Å². The molecule has 0 aromatic heterocycles. The van der Waals surface area contributed by atoms with Crippen molar-refractivity contribution >= 4 is 10.1 Å². The highest BCUT2D eigenvalue weighted by atomic mass is 32.2. The van der Waals surface area contributed by atoms with Crippen molar-refractivity contribution in [1.29, 1.82) is 0 Å². The van der Waals surface area contributed by atoms with Crippen molar-refractivity contribution in [3.05, 3.63) is 89.0 Å². The molecule has 0 aliphatic heterocycles. The predicted octanol–water partition coefficient (Wildman–Crippen LogP) is 4.82. The summed E-state index contributed by atoms with van der Waals surface area (Å²) in [5.74, 6) is -0.376. The molecule has 0 saturated heterocycles. The molecule has 0 fully saturated rings. The fourth-order valence-corrected chi connectivity index (χ4v) is 4.68. The first-order valence-corrected chi connectivity index (χ1v) is 10.6. The van der Waals surface area contributed by atoms with E-state index in [-0.39, 0.29) is 22.3 Å². The van der Waals surface area contributed by atoms with Gasteiger partial charge in [-0.05, 0) is 40.5 Å². The van der Waals surface area contributed by atoms with Crippen LogP contribution in [-0.2, 0) is 15.5 Å². The van der Waals surface area contributed by atoms with Gasteiger partial charge in [0.2, 0.25) is 0 Å². The maximum atomic E-state index is 12.3. The van der Waals surface area contributed by atoms with Gasteiger partial charge in [-0.2, -0.15) is 8.42 Å². The van der Waals surface area contributed by atoms with E-state index in [2.05, 4.69) is 0 Å². The van der Waals surface area contributed by atoms with Gasteiger partial charge in [0.25, 0.3) is 10.1 Å². The van der Waals surface area contributed by atoms with Crippen LogP contribution in [0.5, 0.6) is 11.5 Å². The van der Waals surface area contributed by atoms with Crippen molar-refractivity contribution < 1.29 is 23.2 Å². The molecule has 3 N–H and O–H groups in total. The largest absolute Gasteiger partial charge is 0.508 e. The average molecular weight is 413 g/mol. The molecule has 3 rings (SSSR count). The molecule has 152 valence electrons. The minimum atomic E-state index is -4.60. The summed E-state index contributed by atoms with van der Waals surface area (Å²) in [4.78, 5) is -0.326. The minimum Gasteiger partial charge on any atom is -0.508 e. The van der Waals surface area contributed by atoms with Crippen LogP contribution in [0, 0.1) is 0 Å². The average Bonchev–Trinajstić information content (AvgIpc) is 2.67. The smallest absolute Gasteiger partial charge is 0.294 e. The van der Waals surface area contributed by atoms with E-state index in [1.165, 1.54) is 12.1 Å². The molecule has 5 nitrogen and oxygen atoms in total. The van der Waals surface area contributed by atoms with E-state index in [4.69, 9.17) is 0 Å². The van der Waals surface area contributed by atoms with Crippen molar-refractivity contribution in [2.75, 3.05) is 0 Å². The lowest BCUT2D eigenvalue weighted by molar-refractivity contribution is 0.459. The Bertz CT molecular complexity index is 1120. The van der Waals surface area contributed by atoms with Crippen LogP contribution in [0.3, 0.4) is 0 Å². The Balaban J connectivity index is 2.35. The third-order valence-electron chi connectivity index (χ3n) is 5.38. The van der Waals surface area contributed by atoms with Gasteiger partial charge >= 0.3 is 0 Å². The summed E-state index contributed by atoms with van der Waals surface area (Å²) in [6.45, 7) is 5.62. The number of aromatic hydroxyl groups is 2. The van der Waals surface area contributed by atoms with Crippen LogP contribution in [0.4, 0.5) is 0 Å². The molecular formula is C23H24O5S. The molecular weight excluding hydrogens is 388 g/mol. The summed E-state index contributed by atoms with van der Waals surface area (Å²) in [6.07, 6.45) is 0. The molecule has 1 atom stereocenters. The first-order valence-electron chi connectivity index (χ1n) is 9.21. The highest BCUT2D eigenvalue weighted by Gasteiger charge is 2.34. The Labute approximate surface area is 171 Å². The van der Waals surface area contributed by atoms with Crippen molar-refractivity contribution in [3.63, 3.8) is 0 Å². The second-order valence-corrected chi connectivity index (χ2v) is 9.08. The highest BCUT2D eigenvalue weighted by Crippen LogP contribution is 2.43. The Morgan fingerprint density at radius 1 is 0.862 bits per heavy atom. The molecule has 0 spiro atoms.